The minimum atomic E-state index is -0.701. The molecule has 3 aromatic rings. The van der Waals surface area contributed by atoms with Gasteiger partial charge in [-0.2, -0.15) is 5.26 Å². The summed E-state index contributed by atoms with van der Waals surface area (Å²) in [6, 6.07) is 10.9. The van der Waals surface area contributed by atoms with Gasteiger partial charge in [0.15, 0.2) is 5.78 Å². The second-order valence-corrected chi connectivity index (χ2v) is 10.2. The molecule has 1 fully saturated rings. The lowest BCUT2D eigenvalue weighted by Gasteiger charge is -2.17. The van der Waals surface area contributed by atoms with Crippen molar-refractivity contribution in [1.82, 2.24) is 14.5 Å². The van der Waals surface area contributed by atoms with Gasteiger partial charge in [0.25, 0.3) is 11.5 Å². The summed E-state index contributed by atoms with van der Waals surface area (Å²) in [5, 5.41) is 20.4. The van der Waals surface area contributed by atoms with Crippen LogP contribution in [0.25, 0.3) is 6.08 Å². The molecule has 1 aliphatic rings. The second kappa shape index (κ2) is 11.5. The Balaban J connectivity index is 1.50. The molecule has 0 unspecified atom stereocenters. The Labute approximate surface area is 227 Å². The number of carbonyl (C=O) groups is 2. The number of nitriles is 1. The number of hydrogen-bond acceptors (Lipinski definition) is 8. The summed E-state index contributed by atoms with van der Waals surface area (Å²) in [5.74, 6) is -1.68. The van der Waals surface area contributed by atoms with Crippen LogP contribution in [0.4, 0.5) is 4.39 Å². The SMILES string of the molecule is Cc1c(C(=O)CCCN2C(=O)/C(=C/c3ccc(F)cc3)SC2=S)c(O)n(Cc2cccnc2)c(=O)c1C#N. The van der Waals surface area contributed by atoms with Gasteiger partial charge in [0.05, 0.1) is 17.0 Å². The molecule has 0 aliphatic carbocycles. The Bertz CT molecular complexity index is 1560. The van der Waals surface area contributed by atoms with Crippen molar-refractivity contribution in [3.05, 3.63) is 97.7 Å². The number of nitrogens with zero attached hydrogens (tertiary/aromatic N) is 4. The van der Waals surface area contributed by atoms with Crippen molar-refractivity contribution in [3.8, 4) is 11.9 Å². The molecule has 1 aromatic carbocycles. The van der Waals surface area contributed by atoms with Gasteiger partial charge in [-0.3, -0.25) is 28.8 Å². The number of amides is 1. The number of ketones is 1. The number of aromatic nitrogens is 2. The van der Waals surface area contributed by atoms with Crippen LogP contribution >= 0.6 is 24.0 Å². The van der Waals surface area contributed by atoms with Gasteiger partial charge in [-0.25, -0.2) is 4.39 Å². The third-order valence-electron chi connectivity index (χ3n) is 5.97. The molecule has 1 N–H and O–H groups in total. The van der Waals surface area contributed by atoms with Crippen LogP contribution in [0.5, 0.6) is 5.88 Å². The first-order valence-electron chi connectivity index (χ1n) is 11.5. The van der Waals surface area contributed by atoms with Crippen molar-refractivity contribution < 1.29 is 19.1 Å². The number of hydrogen-bond donors (Lipinski definition) is 1. The van der Waals surface area contributed by atoms with Crippen LogP contribution in [0.1, 0.15) is 45.5 Å². The van der Waals surface area contributed by atoms with Gasteiger partial charge in [0, 0.05) is 25.4 Å². The number of halogens is 1. The molecule has 8 nitrogen and oxygen atoms in total. The molecule has 1 saturated heterocycles. The van der Waals surface area contributed by atoms with Gasteiger partial charge in [-0.15, -0.1) is 0 Å². The maximum Gasteiger partial charge on any atom is 0.271 e. The van der Waals surface area contributed by atoms with Crippen molar-refractivity contribution in [1.29, 1.82) is 5.26 Å². The monoisotopic (exact) mass is 548 g/mol. The van der Waals surface area contributed by atoms with Gasteiger partial charge in [-0.1, -0.05) is 42.2 Å². The molecule has 0 saturated carbocycles. The van der Waals surface area contributed by atoms with Crippen LogP contribution in [-0.4, -0.2) is 42.1 Å². The first kappa shape index (κ1) is 26.9. The third kappa shape index (κ3) is 5.56. The number of benzene rings is 1. The van der Waals surface area contributed by atoms with Gasteiger partial charge < -0.3 is 5.11 Å². The van der Waals surface area contributed by atoms with Crippen LogP contribution in [0.3, 0.4) is 0 Å². The molecule has 2 aromatic heterocycles. The van der Waals surface area contributed by atoms with Crippen molar-refractivity contribution in [2.24, 2.45) is 0 Å². The highest BCUT2D eigenvalue weighted by Gasteiger charge is 2.32. The fourth-order valence-electron chi connectivity index (χ4n) is 4.03. The smallest absolute Gasteiger partial charge is 0.271 e. The summed E-state index contributed by atoms with van der Waals surface area (Å²) in [6.07, 6.45) is 4.88. The normalized spacial score (nSPS) is 14.2. The van der Waals surface area contributed by atoms with E-state index in [1.807, 2.05) is 6.07 Å². The summed E-state index contributed by atoms with van der Waals surface area (Å²) < 4.78 is 14.5. The minimum absolute atomic E-state index is 0.0571. The van der Waals surface area contributed by atoms with E-state index in [9.17, 15) is 29.1 Å². The van der Waals surface area contributed by atoms with Crippen molar-refractivity contribution >= 4 is 46.1 Å². The summed E-state index contributed by atoms with van der Waals surface area (Å²) >= 11 is 6.46. The Hall–Kier alpha value is -4.14. The van der Waals surface area contributed by atoms with E-state index in [4.69, 9.17) is 12.2 Å². The van der Waals surface area contributed by atoms with E-state index in [2.05, 4.69) is 4.98 Å². The minimum Gasteiger partial charge on any atom is -0.494 e. The van der Waals surface area contributed by atoms with Crippen LogP contribution < -0.4 is 5.56 Å². The van der Waals surface area contributed by atoms with Crippen LogP contribution in [0, 0.1) is 24.1 Å². The summed E-state index contributed by atoms with van der Waals surface area (Å²) in [5.41, 5.74) is 0.343. The third-order valence-corrected chi connectivity index (χ3v) is 7.35. The molecule has 3 heterocycles. The van der Waals surface area contributed by atoms with Gasteiger partial charge >= 0.3 is 0 Å². The first-order valence-corrected chi connectivity index (χ1v) is 12.7. The molecule has 1 amide bonds. The summed E-state index contributed by atoms with van der Waals surface area (Å²) in [4.78, 5) is 44.6. The standard InChI is InChI=1S/C27H21FN4O4S2/c1-16-20(13-29)24(34)32(15-18-4-2-10-30-14-18)26(36)23(16)21(33)5-3-11-31-25(35)22(38-27(31)37)12-17-6-8-19(28)9-7-17/h2,4,6-10,12,14,36H,3,5,11,15H2,1H3/b22-12-. The summed E-state index contributed by atoms with van der Waals surface area (Å²) in [7, 11) is 0. The molecule has 0 bridgehead atoms. The topological polar surface area (TPSA) is 116 Å². The molecular weight excluding hydrogens is 527 g/mol. The molecule has 1 aliphatic heterocycles. The first-order chi connectivity index (χ1) is 18.2. The predicted molar refractivity (Wildman–Crippen MR) is 145 cm³/mol. The van der Waals surface area contributed by atoms with Gasteiger partial charge in [-0.05, 0) is 54.3 Å². The second-order valence-electron chi connectivity index (χ2n) is 8.47. The van der Waals surface area contributed by atoms with E-state index in [1.165, 1.54) is 30.2 Å². The highest BCUT2D eigenvalue weighted by Crippen LogP contribution is 2.33. The zero-order chi connectivity index (χ0) is 27.4. The highest BCUT2D eigenvalue weighted by atomic mass is 32.2. The van der Waals surface area contributed by atoms with Crippen molar-refractivity contribution in [3.63, 3.8) is 0 Å². The largest absolute Gasteiger partial charge is 0.494 e. The molecular formula is C27H21FN4O4S2. The number of carbonyl (C=O) groups excluding carboxylic acids is 2. The van der Waals surface area contributed by atoms with E-state index in [0.717, 1.165) is 16.3 Å². The Morgan fingerprint density at radius 1 is 1.26 bits per heavy atom. The summed E-state index contributed by atoms with van der Waals surface area (Å²) in [6.45, 7) is 1.55. The Morgan fingerprint density at radius 3 is 2.66 bits per heavy atom. The quantitative estimate of drug-likeness (QED) is 0.253. The van der Waals surface area contributed by atoms with Crippen LogP contribution in [0.15, 0.2) is 58.5 Å². The zero-order valence-electron chi connectivity index (χ0n) is 20.2. The number of thioether (sulfide) groups is 1. The van der Waals surface area contributed by atoms with E-state index in [1.54, 1.807) is 36.5 Å². The lowest BCUT2D eigenvalue weighted by Crippen LogP contribution is -2.30. The number of thiocarbonyl (C=S) groups is 1. The fourth-order valence-corrected chi connectivity index (χ4v) is 5.34. The van der Waals surface area contributed by atoms with Crippen LogP contribution in [0.2, 0.25) is 0 Å². The van der Waals surface area contributed by atoms with E-state index in [0.29, 0.717) is 20.4 Å². The number of rotatable bonds is 8. The lowest BCUT2D eigenvalue weighted by molar-refractivity contribution is -0.122. The number of Topliss-reactive ketones (excluding diaryl/α,β-unsaturated/α-hetero) is 1. The average molecular weight is 549 g/mol. The molecule has 38 heavy (non-hydrogen) atoms. The highest BCUT2D eigenvalue weighted by molar-refractivity contribution is 8.26. The van der Waals surface area contributed by atoms with Crippen LogP contribution in [-0.2, 0) is 11.3 Å². The Kier molecular flexibility index (Phi) is 8.14. The lowest BCUT2D eigenvalue weighted by atomic mass is 9.99. The van der Waals surface area contributed by atoms with Crippen molar-refractivity contribution in [2.75, 3.05) is 6.54 Å². The Morgan fingerprint density at radius 2 is 2.00 bits per heavy atom. The maximum absolute atomic E-state index is 13.2. The molecule has 11 heteroatoms. The van der Waals surface area contributed by atoms with Gasteiger partial charge in [0.1, 0.15) is 21.8 Å². The van der Waals surface area contributed by atoms with E-state index in [-0.39, 0.29) is 54.3 Å². The number of pyridine rings is 2. The van der Waals surface area contributed by atoms with Crippen molar-refractivity contribution in [2.45, 2.75) is 26.3 Å². The molecule has 192 valence electrons. The number of aromatic hydroxyl groups is 1. The van der Waals surface area contributed by atoms with E-state index >= 15 is 0 Å². The molecule has 4 rings (SSSR count). The van der Waals surface area contributed by atoms with E-state index < -0.39 is 17.2 Å². The molecule has 0 spiro atoms. The predicted octanol–water partition coefficient (Wildman–Crippen LogP) is 4.18. The van der Waals surface area contributed by atoms with Gasteiger partial charge in [0.2, 0.25) is 5.88 Å². The fraction of sp³-hybridized carbons (Fsp3) is 0.185. The average Bonchev–Trinajstić information content (AvgIpc) is 3.16. The molecule has 0 radical (unpaired) electrons. The zero-order valence-corrected chi connectivity index (χ0v) is 21.8. The maximum atomic E-state index is 13.2. The molecule has 0 atom stereocenters.